The molecule has 4 heteroatoms. The molecular formula is C17H25N3O. The number of carbonyl (C=O) groups excluding carboxylic acids is 1. The van der Waals surface area contributed by atoms with Crippen LogP contribution in [0.15, 0.2) is 30.3 Å². The van der Waals surface area contributed by atoms with Crippen LogP contribution in [-0.4, -0.2) is 43.0 Å². The van der Waals surface area contributed by atoms with Gasteiger partial charge in [0.25, 0.3) is 0 Å². The quantitative estimate of drug-likeness (QED) is 0.850. The van der Waals surface area contributed by atoms with Crippen LogP contribution in [0.3, 0.4) is 0 Å². The van der Waals surface area contributed by atoms with Crippen LogP contribution in [0.25, 0.3) is 0 Å². The molecule has 2 bridgehead atoms. The van der Waals surface area contributed by atoms with Crippen molar-refractivity contribution in [2.24, 2.45) is 17.6 Å². The van der Waals surface area contributed by atoms with Gasteiger partial charge in [0, 0.05) is 19.1 Å². The second-order valence-electron chi connectivity index (χ2n) is 6.38. The van der Waals surface area contributed by atoms with Gasteiger partial charge in [-0.3, -0.25) is 4.79 Å². The number of nitrogens with zero attached hydrogens (tertiary/aromatic N) is 1. The molecule has 21 heavy (non-hydrogen) atoms. The zero-order valence-corrected chi connectivity index (χ0v) is 12.5. The fraction of sp³-hybridized carbons (Fsp3) is 0.588. The van der Waals surface area contributed by atoms with Gasteiger partial charge in [0.05, 0.1) is 5.92 Å². The molecule has 1 aromatic carbocycles. The summed E-state index contributed by atoms with van der Waals surface area (Å²) in [5, 5.41) is 3.26. The first-order chi connectivity index (χ1) is 10.3. The normalized spacial score (nSPS) is 29.1. The van der Waals surface area contributed by atoms with Crippen LogP contribution < -0.4 is 11.1 Å². The molecule has 2 unspecified atom stereocenters. The van der Waals surface area contributed by atoms with Crippen molar-refractivity contribution in [2.45, 2.75) is 25.3 Å². The van der Waals surface area contributed by atoms with Crippen LogP contribution in [0.5, 0.6) is 0 Å². The number of hydrogen-bond acceptors (Lipinski definition) is 3. The Morgan fingerprint density at radius 3 is 2.57 bits per heavy atom. The van der Waals surface area contributed by atoms with Gasteiger partial charge in [0.1, 0.15) is 0 Å². The summed E-state index contributed by atoms with van der Waals surface area (Å²) >= 11 is 0. The lowest BCUT2D eigenvalue weighted by molar-refractivity contribution is -0.126. The van der Waals surface area contributed by atoms with Crippen LogP contribution in [-0.2, 0) is 11.2 Å². The van der Waals surface area contributed by atoms with Crippen molar-refractivity contribution < 1.29 is 4.79 Å². The number of fused-ring (bicyclic) bond motifs is 3. The lowest BCUT2D eigenvalue weighted by Crippen LogP contribution is -2.58. The molecule has 2 atom stereocenters. The Bertz CT molecular complexity index is 468. The Hall–Kier alpha value is -1.39. The number of rotatable bonds is 5. The summed E-state index contributed by atoms with van der Waals surface area (Å²) in [6.07, 6.45) is 3.16. The van der Waals surface area contributed by atoms with Gasteiger partial charge in [0.2, 0.25) is 5.91 Å². The highest BCUT2D eigenvalue weighted by molar-refractivity contribution is 5.79. The molecule has 1 aromatic rings. The van der Waals surface area contributed by atoms with Crippen LogP contribution in [0.4, 0.5) is 0 Å². The van der Waals surface area contributed by atoms with Gasteiger partial charge in [-0.25, -0.2) is 0 Å². The van der Waals surface area contributed by atoms with Gasteiger partial charge < -0.3 is 16.0 Å². The molecule has 0 saturated carbocycles. The number of carbonyl (C=O) groups is 1. The van der Waals surface area contributed by atoms with E-state index < -0.39 is 0 Å². The Balaban J connectivity index is 1.58. The molecule has 4 rings (SSSR count). The molecule has 3 N–H and O–H groups in total. The third-order valence-corrected chi connectivity index (χ3v) is 4.96. The smallest absolute Gasteiger partial charge is 0.224 e. The van der Waals surface area contributed by atoms with Gasteiger partial charge in [-0.15, -0.1) is 0 Å². The number of nitrogens with two attached hydrogens (primary N) is 1. The maximum atomic E-state index is 12.5. The lowest BCUT2D eigenvalue weighted by Gasteiger charge is -2.45. The summed E-state index contributed by atoms with van der Waals surface area (Å²) in [6.45, 7) is 3.81. The number of hydrogen-bond donors (Lipinski definition) is 2. The third-order valence-electron chi connectivity index (χ3n) is 4.96. The fourth-order valence-corrected chi connectivity index (χ4v) is 3.61. The summed E-state index contributed by atoms with van der Waals surface area (Å²) in [6, 6.07) is 10.5. The zero-order chi connectivity index (χ0) is 14.7. The molecule has 0 aliphatic carbocycles. The first-order valence-corrected chi connectivity index (χ1v) is 8.03. The summed E-state index contributed by atoms with van der Waals surface area (Å²) in [7, 11) is 0. The lowest BCUT2D eigenvalue weighted by atomic mass is 9.83. The summed E-state index contributed by atoms with van der Waals surface area (Å²) < 4.78 is 0. The average Bonchev–Trinajstić information content (AvgIpc) is 2.54. The predicted molar refractivity (Wildman–Crippen MR) is 83.8 cm³/mol. The molecule has 4 nitrogen and oxygen atoms in total. The first kappa shape index (κ1) is 14.5. The van der Waals surface area contributed by atoms with Crippen LogP contribution in [0.2, 0.25) is 0 Å². The standard InChI is InChI=1S/C17H25N3O/c18-11-15(10-13-4-2-1-3-5-13)17(21)19-16-12-20-8-6-14(16)7-9-20/h1-5,14-16H,6-12,18H2,(H,19,21). The minimum Gasteiger partial charge on any atom is -0.352 e. The van der Waals surface area contributed by atoms with Crippen molar-refractivity contribution in [2.75, 3.05) is 26.2 Å². The Kier molecular flexibility index (Phi) is 4.56. The van der Waals surface area contributed by atoms with E-state index in [0.29, 0.717) is 18.5 Å². The SMILES string of the molecule is NCC(Cc1ccccc1)C(=O)NC1CN2CCC1CC2. The van der Waals surface area contributed by atoms with Crippen LogP contribution >= 0.6 is 0 Å². The molecule has 114 valence electrons. The van der Waals surface area contributed by atoms with Crippen molar-refractivity contribution in [3.63, 3.8) is 0 Å². The van der Waals surface area contributed by atoms with Crippen molar-refractivity contribution in [1.29, 1.82) is 0 Å². The molecule has 0 aromatic heterocycles. The molecule has 3 saturated heterocycles. The van der Waals surface area contributed by atoms with Gasteiger partial charge in [0.15, 0.2) is 0 Å². The Morgan fingerprint density at radius 1 is 1.29 bits per heavy atom. The first-order valence-electron chi connectivity index (χ1n) is 8.03. The minimum atomic E-state index is -0.122. The van der Waals surface area contributed by atoms with Crippen molar-refractivity contribution >= 4 is 5.91 Å². The van der Waals surface area contributed by atoms with Crippen molar-refractivity contribution in [3.8, 4) is 0 Å². The van der Waals surface area contributed by atoms with Crippen molar-refractivity contribution in [3.05, 3.63) is 35.9 Å². The third kappa shape index (κ3) is 3.44. The maximum Gasteiger partial charge on any atom is 0.224 e. The van der Waals surface area contributed by atoms with Crippen LogP contribution in [0, 0.1) is 11.8 Å². The highest BCUT2D eigenvalue weighted by Gasteiger charge is 2.35. The minimum absolute atomic E-state index is 0.122. The summed E-state index contributed by atoms with van der Waals surface area (Å²) in [5.74, 6) is 0.664. The monoisotopic (exact) mass is 287 g/mol. The van der Waals surface area contributed by atoms with E-state index >= 15 is 0 Å². The number of nitrogens with one attached hydrogen (secondary N) is 1. The fourth-order valence-electron chi connectivity index (χ4n) is 3.61. The summed E-state index contributed by atoms with van der Waals surface area (Å²) in [5.41, 5.74) is 7.01. The molecule has 1 amide bonds. The van der Waals surface area contributed by atoms with Crippen molar-refractivity contribution in [1.82, 2.24) is 10.2 Å². The van der Waals surface area contributed by atoms with Gasteiger partial charge in [-0.2, -0.15) is 0 Å². The number of benzene rings is 1. The van der Waals surface area contributed by atoms with E-state index in [1.54, 1.807) is 0 Å². The zero-order valence-electron chi connectivity index (χ0n) is 12.5. The highest BCUT2D eigenvalue weighted by Crippen LogP contribution is 2.27. The molecule has 3 aliphatic heterocycles. The van der Waals surface area contributed by atoms with Gasteiger partial charge in [-0.05, 0) is 43.8 Å². The number of amides is 1. The second kappa shape index (κ2) is 6.58. The van der Waals surface area contributed by atoms with E-state index in [1.807, 2.05) is 18.2 Å². The van der Waals surface area contributed by atoms with E-state index in [0.717, 1.165) is 13.0 Å². The highest BCUT2D eigenvalue weighted by atomic mass is 16.2. The topological polar surface area (TPSA) is 58.4 Å². The summed E-state index contributed by atoms with van der Waals surface area (Å²) in [4.78, 5) is 15.0. The second-order valence-corrected chi connectivity index (χ2v) is 6.38. The van der Waals surface area contributed by atoms with E-state index in [9.17, 15) is 4.79 Å². The molecule has 3 fully saturated rings. The predicted octanol–water partition coefficient (Wildman–Crippen LogP) is 1.01. The molecule has 3 heterocycles. The maximum absolute atomic E-state index is 12.5. The number of piperidine rings is 3. The largest absolute Gasteiger partial charge is 0.352 e. The molecule has 0 spiro atoms. The van der Waals surface area contributed by atoms with E-state index in [2.05, 4.69) is 22.3 Å². The molecule has 3 aliphatic rings. The van der Waals surface area contributed by atoms with E-state index in [4.69, 9.17) is 5.73 Å². The van der Waals surface area contributed by atoms with E-state index in [-0.39, 0.29) is 11.8 Å². The van der Waals surface area contributed by atoms with Gasteiger partial charge in [-0.1, -0.05) is 30.3 Å². The molecular weight excluding hydrogens is 262 g/mol. The Labute approximate surface area is 126 Å². The van der Waals surface area contributed by atoms with E-state index in [1.165, 1.54) is 31.5 Å². The van der Waals surface area contributed by atoms with Crippen LogP contribution in [0.1, 0.15) is 18.4 Å². The average molecular weight is 287 g/mol. The Morgan fingerprint density at radius 2 is 2.00 bits per heavy atom. The van der Waals surface area contributed by atoms with Gasteiger partial charge >= 0.3 is 0 Å². The molecule has 0 radical (unpaired) electrons.